The molecule has 0 saturated carbocycles. The number of nitrogens with two attached hydrogens (primary N) is 1. The molecule has 0 bridgehead atoms. The molecular weight excluding hydrogens is 237 g/mol. The van der Waals surface area contributed by atoms with Crippen LogP contribution in [0.4, 0.5) is 0 Å². The third kappa shape index (κ3) is 18.5. The smallest absolute Gasteiger partial charge is 0.672 e. The summed E-state index contributed by atoms with van der Waals surface area (Å²) < 4.78 is 8.52. The van der Waals surface area contributed by atoms with Gasteiger partial charge in [0.2, 0.25) is 0 Å². The van der Waals surface area contributed by atoms with E-state index in [1.807, 2.05) is 0 Å². The molecule has 0 aliphatic heterocycles. The zero-order valence-electron chi connectivity index (χ0n) is 7.55. The van der Waals surface area contributed by atoms with E-state index in [4.69, 9.17) is 35.1 Å². The summed E-state index contributed by atoms with van der Waals surface area (Å²) in [5.74, 6) is 0. The second kappa shape index (κ2) is 13.8. The third-order valence-corrected chi connectivity index (χ3v) is 0.945. The van der Waals surface area contributed by atoms with Crippen molar-refractivity contribution in [3.05, 3.63) is 0 Å². The molecule has 74 valence electrons. The number of rotatable bonds is 3. The Kier molecular flexibility index (Phi) is 23.7. The summed E-state index contributed by atoms with van der Waals surface area (Å²) in [4.78, 5) is 17.0. The molecule has 0 aromatic rings. The van der Waals surface area contributed by atoms with Crippen molar-refractivity contribution in [1.29, 1.82) is 0 Å². The Bertz CT molecular complexity index is 125. The normalized spacial score (nSPS) is 8.57. The van der Waals surface area contributed by atoms with E-state index in [9.17, 15) is 0 Å². The van der Waals surface area contributed by atoms with Gasteiger partial charge < -0.3 is 35.1 Å². The van der Waals surface area contributed by atoms with Crippen LogP contribution in [0, 0.1) is 0 Å². The van der Waals surface area contributed by atoms with E-state index >= 15 is 0 Å². The molecule has 0 aromatic carbocycles. The first-order valence-corrected chi connectivity index (χ1v) is 4.14. The Morgan fingerprint density at radius 3 is 1.29 bits per heavy atom. The quantitative estimate of drug-likeness (QED) is 0.363. The summed E-state index contributed by atoms with van der Waals surface area (Å²) >= 11 is 0. The standard InChI is InChI=1S/C4H11NO3.Al.Mg.O3Si/c5-4(1-6,2-7)3-8;;;1-4(2)3/h6-8H,1-3,5H2;;;/q;+3;+2;-2. The Hall–Kier alpha value is 0.756. The number of aliphatic hydroxyl groups excluding tert-OH is 3. The maximum atomic E-state index is 8.52. The maximum Gasteiger partial charge on any atom is 3.00 e. The predicted octanol–water partition coefficient (Wildman–Crippen LogP) is -5.98. The van der Waals surface area contributed by atoms with Crippen LogP contribution in [0.5, 0.6) is 0 Å². The number of hydrogen-bond acceptors (Lipinski definition) is 7. The minimum atomic E-state index is -3.63. The molecular formula is C4H11AlMgNO6Si+3. The van der Waals surface area contributed by atoms with Crippen LogP contribution < -0.4 is 15.3 Å². The minimum Gasteiger partial charge on any atom is -0.672 e. The van der Waals surface area contributed by atoms with Crippen LogP contribution in [0.3, 0.4) is 0 Å². The Morgan fingerprint density at radius 2 is 1.29 bits per heavy atom. The van der Waals surface area contributed by atoms with Gasteiger partial charge in [-0.1, -0.05) is 0 Å². The zero-order valence-corrected chi connectivity index (χ0v) is 11.1. The molecule has 0 rings (SSSR count). The molecule has 0 atom stereocenters. The number of hydrogen-bond donors (Lipinski definition) is 4. The van der Waals surface area contributed by atoms with Gasteiger partial charge in [0.25, 0.3) is 0 Å². The monoisotopic (exact) mass is 248 g/mol. The van der Waals surface area contributed by atoms with Crippen LogP contribution in [0.15, 0.2) is 0 Å². The van der Waals surface area contributed by atoms with Crippen LogP contribution in [0.1, 0.15) is 0 Å². The molecule has 0 amide bonds. The van der Waals surface area contributed by atoms with Gasteiger partial charge in [0.1, 0.15) is 0 Å². The number of aliphatic hydroxyl groups is 3. The van der Waals surface area contributed by atoms with Gasteiger partial charge in [0.15, 0.2) is 0 Å². The van der Waals surface area contributed by atoms with E-state index in [1.165, 1.54) is 0 Å². The molecule has 0 spiro atoms. The van der Waals surface area contributed by atoms with Gasteiger partial charge >= 0.3 is 40.4 Å². The van der Waals surface area contributed by atoms with Crippen LogP contribution in [0.2, 0.25) is 0 Å². The summed E-state index contributed by atoms with van der Waals surface area (Å²) in [6, 6.07) is 0. The van der Waals surface area contributed by atoms with Crippen LogP contribution in [-0.2, 0) is 4.46 Å². The van der Waals surface area contributed by atoms with Crippen molar-refractivity contribution in [2.45, 2.75) is 5.54 Å². The Morgan fingerprint density at radius 1 is 1.14 bits per heavy atom. The van der Waals surface area contributed by atoms with Gasteiger partial charge in [0.05, 0.1) is 25.4 Å². The SMILES string of the molecule is NC(CO)(CO)CO.O=[Si]([O-])[O-].[Al+3].[Mg+2]. The first-order valence-electron chi connectivity index (χ1n) is 2.91. The van der Waals surface area contributed by atoms with Gasteiger partial charge in [-0.3, -0.25) is 0 Å². The van der Waals surface area contributed by atoms with Gasteiger partial charge in [-0.25, -0.2) is 0 Å². The van der Waals surface area contributed by atoms with E-state index in [0.717, 1.165) is 0 Å². The minimum absolute atomic E-state index is 0. The predicted molar refractivity (Wildman–Crippen MR) is 46.1 cm³/mol. The third-order valence-electron chi connectivity index (χ3n) is 0.945. The van der Waals surface area contributed by atoms with Crippen molar-refractivity contribution < 1.29 is 29.4 Å². The van der Waals surface area contributed by atoms with Crippen molar-refractivity contribution in [1.82, 2.24) is 0 Å². The fourth-order valence-electron chi connectivity index (χ4n) is 0.150. The topological polar surface area (TPSA) is 150 Å². The van der Waals surface area contributed by atoms with Crippen molar-refractivity contribution in [2.75, 3.05) is 19.8 Å². The molecule has 0 unspecified atom stereocenters. The summed E-state index contributed by atoms with van der Waals surface area (Å²) in [6.07, 6.45) is 0. The Balaban J connectivity index is -0.0000000733. The molecule has 0 radical (unpaired) electrons. The van der Waals surface area contributed by atoms with Gasteiger partial charge in [0, 0.05) is 9.17 Å². The zero-order chi connectivity index (χ0) is 10.2. The second-order valence-corrected chi connectivity index (χ2v) is 2.59. The van der Waals surface area contributed by atoms with Gasteiger partial charge in [-0.15, -0.1) is 0 Å². The molecule has 0 aliphatic carbocycles. The summed E-state index contributed by atoms with van der Waals surface area (Å²) in [5.41, 5.74) is 3.94. The van der Waals surface area contributed by atoms with Crippen LogP contribution in [-0.4, -0.2) is 90.3 Å². The van der Waals surface area contributed by atoms with Crippen molar-refractivity contribution >= 4 is 49.6 Å². The van der Waals surface area contributed by atoms with Crippen molar-refractivity contribution in [3.63, 3.8) is 0 Å². The summed E-state index contributed by atoms with van der Waals surface area (Å²) in [5, 5.41) is 25.0. The molecule has 14 heavy (non-hydrogen) atoms. The fourth-order valence-corrected chi connectivity index (χ4v) is 0.150. The van der Waals surface area contributed by atoms with Crippen LogP contribution in [0.25, 0.3) is 0 Å². The molecule has 0 heterocycles. The summed E-state index contributed by atoms with van der Waals surface area (Å²) in [6.45, 7) is -1.21. The van der Waals surface area contributed by atoms with E-state index in [0.29, 0.717) is 0 Å². The molecule has 0 aliphatic rings. The molecule has 0 fully saturated rings. The average molecular weight is 249 g/mol. The van der Waals surface area contributed by atoms with E-state index < -0.39 is 34.5 Å². The maximum absolute atomic E-state index is 8.52. The molecule has 7 nitrogen and oxygen atoms in total. The van der Waals surface area contributed by atoms with E-state index in [1.54, 1.807) is 0 Å². The van der Waals surface area contributed by atoms with Crippen LogP contribution >= 0.6 is 0 Å². The van der Waals surface area contributed by atoms with Gasteiger partial charge in [-0.05, 0) is 0 Å². The molecule has 0 aromatic heterocycles. The molecule has 10 heteroatoms. The van der Waals surface area contributed by atoms with Gasteiger partial charge in [-0.2, -0.15) is 0 Å². The molecule has 0 saturated heterocycles. The second-order valence-electron chi connectivity index (χ2n) is 2.09. The van der Waals surface area contributed by atoms with Crippen molar-refractivity contribution in [3.8, 4) is 0 Å². The Labute approximate surface area is 110 Å². The first-order chi connectivity index (χ1) is 5.41. The van der Waals surface area contributed by atoms with Crippen molar-refractivity contribution in [2.24, 2.45) is 5.73 Å². The summed E-state index contributed by atoms with van der Waals surface area (Å²) in [7, 11) is -3.63. The van der Waals surface area contributed by atoms with E-state index in [-0.39, 0.29) is 40.4 Å². The van der Waals surface area contributed by atoms with E-state index in [2.05, 4.69) is 0 Å². The average Bonchev–Trinajstić information content (AvgIpc) is 2.02. The molecule has 5 N–H and O–H groups in total. The fraction of sp³-hybridized carbons (Fsp3) is 1.00. The first kappa shape index (κ1) is 24.1. The largest absolute Gasteiger partial charge is 3.00 e.